The first kappa shape index (κ1) is 32.9. The highest BCUT2D eigenvalue weighted by molar-refractivity contribution is 14.1. The van der Waals surface area contributed by atoms with Crippen LogP contribution in [0.4, 0.5) is 27.6 Å². The summed E-state index contributed by atoms with van der Waals surface area (Å²) in [5, 5.41) is 10.5. The van der Waals surface area contributed by atoms with Crippen molar-refractivity contribution < 1.29 is 51.0 Å². The summed E-state index contributed by atoms with van der Waals surface area (Å²) >= 11 is 15.9. The summed E-state index contributed by atoms with van der Waals surface area (Å²) in [6.45, 7) is 1.90. The van der Waals surface area contributed by atoms with Gasteiger partial charge in [0.25, 0.3) is 11.8 Å². The van der Waals surface area contributed by atoms with E-state index in [1.54, 1.807) is 35.6 Å². The van der Waals surface area contributed by atoms with Crippen LogP contribution >= 0.6 is 45.8 Å². The minimum absolute atomic E-state index is 0.0375. The number of likely N-dealkylation sites (tertiary alicyclic amines) is 1. The molecule has 16 heteroatoms. The molecule has 3 fully saturated rings. The van der Waals surface area contributed by atoms with Gasteiger partial charge >= 0.3 is 0 Å². The first-order valence-electron chi connectivity index (χ1n) is 14.0. The molecule has 4 aliphatic rings. The zero-order valence-corrected chi connectivity index (χ0v) is 27.4. The Morgan fingerprint density at radius 1 is 0.957 bits per heavy atom. The van der Waals surface area contributed by atoms with E-state index in [2.05, 4.69) is 0 Å². The van der Waals surface area contributed by atoms with Crippen molar-refractivity contribution in [1.29, 1.82) is 0 Å². The molecule has 2 aromatic rings. The second-order valence-electron chi connectivity index (χ2n) is 11.6. The molecular weight excluding hydrogens is 777 g/mol. The van der Waals surface area contributed by atoms with Gasteiger partial charge in [-0.2, -0.15) is 0 Å². The van der Waals surface area contributed by atoms with Gasteiger partial charge in [-0.1, -0.05) is 18.6 Å². The molecule has 6 unspecified atom stereocenters. The topological polar surface area (TPSA) is 104 Å². The Kier molecular flexibility index (Phi) is 7.91. The third-order valence-corrected chi connectivity index (χ3v) is 11.6. The second kappa shape index (κ2) is 11.0. The fourth-order valence-electron chi connectivity index (χ4n) is 7.37. The molecule has 0 aromatic heterocycles. The van der Waals surface area contributed by atoms with Crippen LogP contribution < -0.4 is 9.64 Å². The molecule has 1 saturated carbocycles. The van der Waals surface area contributed by atoms with Gasteiger partial charge in [0.05, 0.1) is 22.5 Å². The number of aromatic hydroxyl groups is 1. The first-order chi connectivity index (χ1) is 21.6. The number of allylic oxidation sites excluding steroid dienone is 2. The third kappa shape index (κ3) is 4.07. The molecule has 46 heavy (non-hydrogen) atoms. The molecule has 0 spiro atoms. The van der Waals surface area contributed by atoms with Crippen LogP contribution in [0.1, 0.15) is 37.7 Å². The van der Waals surface area contributed by atoms with Crippen molar-refractivity contribution >= 4 is 75.1 Å². The number of carbonyl (C=O) groups is 4. The Morgan fingerprint density at radius 3 is 2.15 bits per heavy atom. The smallest absolute Gasteiger partial charge is 0.258 e. The number of ether oxygens (including phenoxy) is 1. The number of carbonyl (C=O) groups excluding carboxylic acids is 4. The van der Waals surface area contributed by atoms with E-state index in [9.17, 15) is 37.5 Å². The predicted octanol–water partition coefficient (Wildman–Crippen LogP) is 5.67. The van der Waals surface area contributed by atoms with Crippen molar-refractivity contribution in [1.82, 2.24) is 4.90 Å². The van der Waals surface area contributed by atoms with Gasteiger partial charge < -0.3 is 9.84 Å². The Morgan fingerprint density at radius 2 is 1.57 bits per heavy atom. The lowest BCUT2D eigenvalue weighted by molar-refractivity contribution is -0.140. The number of methoxy groups -OCH3 is 1. The van der Waals surface area contributed by atoms with Crippen molar-refractivity contribution in [3.05, 3.63) is 62.0 Å². The molecule has 2 aromatic carbocycles. The number of nitrogens with zero attached hydrogens (tertiary/aromatic N) is 2. The van der Waals surface area contributed by atoms with Crippen LogP contribution in [0, 0.1) is 50.4 Å². The standard InChI is InChI=1S/C30H22Cl2F5IN2O6/c1-3-6-39-25(42)12-5-4-11-13(16(12)26(39)43)9-29(31)27(44)40(23-21(36)19(34)18(33)20(35)22(23)37)28(45)30(29,32)17(11)10-7-14(38)24(41)15(8-10)46-2/h4,7-8,12-13,16-17,41H,3,5-6,9H2,1-2H3. The lowest BCUT2D eigenvalue weighted by Crippen LogP contribution is -2.60. The van der Waals surface area contributed by atoms with Gasteiger partial charge in [-0.25, -0.2) is 26.9 Å². The van der Waals surface area contributed by atoms with Gasteiger partial charge in [0.1, 0.15) is 5.69 Å². The normalized spacial score (nSPS) is 30.4. The van der Waals surface area contributed by atoms with Crippen LogP contribution in [0.25, 0.3) is 0 Å². The van der Waals surface area contributed by atoms with Gasteiger partial charge in [0, 0.05) is 12.5 Å². The number of imide groups is 2. The number of alkyl halides is 2. The maximum absolute atomic E-state index is 15.1. The van der Waals surface area contributed by atoms with Gasteiger partial charge in [0.15, 0.2) is 44.5 Å². The van der Waals surface area contributed by atoms with Gasteiger partial charge in [0.2, 0.25) is 17.6 Å². The van der Waals surface area contributed by atoms with Gasteiger partial charge in [-0.15, -0.1) is 23.2 Å². The summed E-state index contributed by atoms with van der Waals surface area (Å²) in [5.74, 6) is -21.1. The number of hydrogen-bond donors (Lipinski definition) is 1. The fraction of sp³-hybridized carbons (Fsp3) is 0.400. The lowest BCUT2D eigenvalue weighted by Gasteiger charge is -2.50. The number of amides is 4. The molecule has 244 valence electrons. The molecule has 0 bridgehead atoms. The van der Waals surface area contributed by atoms with Crippen molar-refractivity contribution in [2.75, 3.05) is 18.6 Å². The van der Waals surface area contributed by atoms with Crippen LogP contribution in [0.2, 0.25) is 0 Å². The average molecular weight is 799 g/mol. The minimum atomic E-state index is -2.67. The molecule has 6 rings (SSSR count). The van der Waals surface area contributed by atoms with Crippen LogP contribution in [0.3, 0.4) is 0 Å². The summed E-state index contributed by atoms with van der Waals surface area (Å²) in [6.07, 6.45) is 1.51. The highest BCUT2D eigenvalue weighted by atomic mass is 127. The van der Waals surface area contributed by atoms with E-state index in [-0.39, 0.29) is 38.5 Å². The van der Waals surface area contributed by atoms with Crippen molar-refractivity contribution in [3.63, 3.8) is 0 Å². The fourth-order valence-corrected chi connectivity index (χ4v) is 8.93. The van der Waals surface area contributed by atoms with E-state index in [1.807, 2.05) is 0 Å². The van der Waals surface area contributed by atoms with Crippen molar-refractivity contribution in [2.45, 2.75) is 41.9 Å². The third-order valence-electron chi connectivity index (χ3n) is 9.36. The van der Waals surface area contributed by atoms with E-state index in [0.717, 1.165) is 4.90 Å². The number of halogens is 8. The number of anilines is 1. The highest BCUT2D eigenvalue weighted by Gasteiger charge is 2.77. The van der Waals surface area contributed by atoms with E-state index in [4.69, 9.17) is 27.9 Å². The van der Waals surface area contributed by atoms with Gasteiger partial charge in [-0.3, -0.25) is 24.1 Å². The summed E-state index contributed by atoms with van der Waals surface area (Å²) in [7, 11) is 1.24. The Labute approximate surface area is 281 Å². The maximum atomic E-state index is 15.1. The maximum Gasteiger partial charge on any atom is 0.258 e. The average Bonchev–Trinajstić information content (AvgIpc) is 3.35. The van der Waals surface area contributed by atoms with Crippen molar-refractivity contribution in [3.8, 4) is 11.5 Å². The SMILES string of the molecule is CCCN1C(=O)C2CC=C3C(CC4(Cl)C(=O)N(c5c(F)c(F)c(F)c(F)c5F)C(=O)C4(Cl)C3c3cc(I)c(O)c(OC)c3)C2C1=O. The molecule has 6 atom stereocenters. The molecule has 8 nitrogen and oxygen atoms in total. The zero-order chi connectivity index (χ0) is 33.8. The Bertz CT molecular complexity index is 1780. The summed E-state index contributed by atoms with van der Waals surface area (Å²) in [6, 6.07) is 2.69. The number of phenolic OH excluding ortho intramolecular Hbond substituents is 1. The highest BCUT2D eigenvalue weighted by Crippen LogP contribution is 2.66. The summed E-state index contributed by atoms with van der Waals surface area (Å²) < 4.78 is 78.4. The number of phenols is 1. The van der Waals surface area contributed by atoms with Crippen LogP contribution in [-0.2, 0) is 19.2 Å². The zero-order valence-electron chi connectivity index (χ0n) is 23.8. The van der Waals surface area contributed by atoms with E-state index >= 15 is 8.78 Å². The molecule has 2 saturated heterocycles. The first-order valence-corrected chi connectivity index (χ1v) is 15.8. The second-order valence-corrected chi connectivity index (χ2v) is 14.0. The molecule has 2 aliphatic heterocycles. The largest absolute Gasteiger partial charge is 0.504 e. The predicted molar refractivity (Wildman–Crippen MR) is 161 cm³/mol. The number of rotatable bonds is 5. The molecule has 2 aliphatic carbocycles. The van der Waals surface area contributed by atoms with E-state index in [0.29, 0.717) is 12.0 Å². The number of hydrogen-bond acceptors (Lipinski definition) is 6. The van der Waals surface area contributed by atoms with Crippen molar-refractivity contribution in [2.24, 2.45) is 17.8 Å². The molecule has 2 heterocycles. The molecular formula is C30H22Cl2F5IN2O6. The molecule has 0 radical (unpaired) electrons. The van der Waals surface area contributed by atoms with Crippen LogP contribution in [0.15, 0.2) is 23.8 Å². The minimum Gasteiger partial charge on any atom is -0.504 e. The number of benzene rings is 2. The van der Waals surface area contributed by atoms with Crippen LogP contribution in [0.5, 0.6) is 11.5 Å². The Balaban J connectivity index is 1.62. The van der Waals surface area contributed by atoms with E-state index < -0.39 is 98.2 Å². The molecule has 4 amide bonds. The van der Waals surface area contributed by atoms with E-state index in [1.165, 1.54) is 19.2 Å². The Hall–Kier alpha value is -2.98. The number of fused-ring (bicyclic) bond motifs is 4. The summed E-state index contributed by atoms with van der Waals surface area (Å²) in [4.78, 5) is 51.0. The van der Waals surface area contributed by atoms with Gasteiger partial charge in [-0.05, 0) is 65.5 Å². The quantitative estimate of drug-likeness (QED) is 0.0796. The molecule has 1 N–H and O–H groups in total. The monoisotopic (exact) mass is 798 g/mol. The van der Waals surface area contributed by atoms with Crippen LogP contribution in [-0.4, -0.2) is 57.0 Å². The lowest BCUT2D eigenvalue weighted by atomic mass is 9.56. The summed E-state index contributed by atoms with van der Waals surface area (Å²) in [5.41, 5.74) is -1.43.